The molecule has 0 fully saturated rings. The van der Waals surface area contributed by atoms with E-state index in [2.05, 4.69) is 15.6 Å². The van der Waals surface area contributed by atoms with Crippen molar-refractivity contribution < 1.29 is 9.53 Å². The molecule has 1 unspecified atom stereocenters. The van der Waals surface area contributed by atoms with E-state index in [0.717, 1.165) is 9.88 Å². The summed E-state index contributed by atoms with van der Waals surface area (Å²) in [6.45, 7) is 5.52. The Kier molecular flexibility index (Phi) is 6.10. The number of aryl methyl sites for hydroxylation is 1. The number of hydrogen-bond acceptors (Lipinski definition) is 5. The monoisotopic (exact) mass is 257 g/mol. The van der Waals surface area contributed by atoms with Crippen molar-refractivity contribution in [2.24, 2.45) is 0 Å². The first-order chi connectivity index (χ1) is 8.13. The zero-order valence-corrected chi connectivity index (χ0v) is 11.3. The maximum absolute atomic E-state index is 11.6. The van der Waals surface area contributed by atoms with Crippen LogP contribution in [0.5, 0.6) is 0 Å². The number of nitrogens with one attached hydrogen (secondary N) is 2. The third-order valence-corrected chi connectivity index (χ3v) is 3.25. The number of carbonyl (C=O) groups excluding carboxylic acids is 1. The van der Waals surface area contributed by atoms with E-state index >= 15 is 0 Å². The van der Waals surface area contributed by atoms with E-state index in [1.807, 2.05) is 20.0 Å². The van der Waals surface area contributed by atoms with Gasteiger partial charge >= 0.3 is 0 Å². The molecule has 6 heteroatoms. The van der Waals surface area contributed by atoms with Gasteiger partial charge in [-0.15, -0.1) is 11.3 Å². The van der Waals surface area contributed by atoms with Gasteiger partial charge in [0.25, 0.3) is 0 Å². The molecule has 1 aromatic heterocycles. The Morgan fingerprint density at radius 1 is 1.65 bits per heavy atom. The van der Waals surface area contributed by atoms with Crippen molar-refractivity contribution in [1.82, 2.24) is 15.6 Å². The molecular formula is C11H19N3O2S. The van der Waals surface area contributed by atoms with E-state index in [1.54, 1.807) is 18.4 Å². The lowest BCUT2D eigenvalue weighted by atomic mass is 10.3. The molecular weight excluding hydrogens is 238 g/mol. The zero-order chi connectivity index (χ0) is 12.7. The number of aromatic nitrogens is 1. The van der Waals surface area contributed by atoms with E-state index in [4.69, 9.17) is 4.74 Å². The molecule has 0 aliphatic heterocycles. The van der Waals surface area contributed by atoms with Gasteiger partial charge in [0.1, 0.15) is 5.01 Å². The van der Waals surface area contributed by atoms with Crippen molar-refractivity contribution in [3.8, 4) is 0 Å². The molecule has 0 saturated heterocycles. The summed E-state index contributed by atoms with van der Waals surface area (Å²) in [5.74, 6) is -0.0264. The van der Waals surface area contributed by atoms with Gasteiger partial charge in [-0.1, -0.05) is 0 Å². The second-order valence-electron chi connectivity index (χ2n) is 3.77. The summed E-state index contributed by atoms with van der Waals surface area (Å²) in [5.41, 5.74) is 0. The maximum atomic E-state index is 11.6. The van der Waals surface area contributed by atoms with Gasteiger partial charge < -0.3 is 15.4 Å². The molecule has 5 nitrogen and oxygen atoms in total. The third kappa shape index (κ3) is 5.25. The van der Waals surface area contributed by atoms with Crippen LogP contribution in [0, 0.1) is 6.92 Å². The summed E-state index contributed by atoms with van der Waals surface area (Å²) in [4.78, 5) is 17.0. The van der Waals surface area contributed by atoms with Crippen LogP contribution < -0.4 is 10.6 Å². The number of amides is 1. The molecule has 17 heavy (non-hydrogen) atoms. The molecule has 2 N–H and O–H groups in total. The minimum absolute atomic E-state index is 0.0264. The highest BCUT2D eigenvalue weighted by molar-refractivity contribution is 7.11. The van der Waals surface area contributed by atoms with Gasteiger partial charge in [-0.25, -0.2) is 4.98 Å². The highest BCUT2D eigenvalue weighted by Gasteiger charge is 2.11. The number of rotatable bonds is 7. The van der Waals surface area contributed by atoms with Crippen molar-refractivity contribution >= 4 is 17.2 Å². The molecule has 1 atom stereocenters. The predicted octanol–water partition coefficient (Wildman–Crippen LogP) is 0.865. The van der Waals surface area contributed by atoms with Crippen LogP contribution in [-0.2, 0) is 9.53 Å². The van der Waals surface area contributed by atoms with Crippen LogP contribution in [0.4, 0.5) is 0 Å². The summed E-state index contributed by atoms with van der Waals surface area (Å²) >= 11 is 1.60. The minimum Gasteiger partial charge on any atom is -0.383 e. The molecule has 0 aliphatic rings. The first-order valence-corrected chi connectivity index (χ1v) is 6.36. The van der Waals surface area contributed by atoms with Crippen LogP contribution in [-0.4, -0.2) is 37.7 Å². The fourth-order valence-electron chi connectivity index (χ4n) is 1.30. The van der Waals surface area contributed by atoms with Crippen LogP contribution in [0.1, 0.15) is 22.9 Å². The number of ether oxygens (including phenoxy) is 1. The molecule has 0 saturated carbocycles. The molecule has 0 spiro atoms. The van der Waals surface area contributed by atoms with E-state index < -0.39 is 0 Å². The lowest BCUT2D eigenvalue weighted by Gasteiger charge is -2.11. The molecule has 0 aliphatic carbocycles. The van der Waals surface area contributed by atoms with Crippen LogP contribution in [0.15, 0.2) is 6.20 Å². The average Bonchev–Trinajstić information content (AvgIpc) is 2.71. The number of carbonyl (C=O) groups is 1. The van der Waals surface area contributed by atoms with Crippen LogP contribution in [0.3, 0.4) is 0 Å². The van der Waals surface area contributed by atoms with Gasteiger partial charge in [0.05, 0.1) is 19.2 Å². The Bertz CT molecular complexity index is 354. The Labute approximate surface area is 106 Å². The largest absolute Gasteiger partial charge is 0.383 e. The van der Waals surface area contributed by atoms with E-state index in [9.17, 15) is 4.79 Å². The highest BCUT2D eigenvalue weighted by Crippen LogP contribution is 2.18. The number of thiazole rings is 1. The molecule has 1 heterocycles. The smallest absolute Gasteiger partial charge is 0.234 e. The Hall–Kier alpha value is -0.980. The Morgan fingerprint density at radius 2 is 2.41 bits per heavy atom. The van der Waals surface area contributed by atoms with Gasteiger partial charge in [0, 0.05) is 24.7 Å². The Balaban J connectivity index is 2.26. The fraction of sp³-hybridized carbons (Fsp3) is 0.636. The van der Waals surface area contributed by atoms with Crippen LogP contribution in [0.25, 0.3) is 0 Å². The molecule has 1 amide bonds. The number of nitrogens with zero attached hydrogens (tertiary/aromatic N) is 1. The fourth-order valence-corrected chi connectivity index (χ4v) is 2.08. The van der Waals surface area contributed by atoms with Gasteiger partial charge in [0.15, 0.2) is 0 Å². The van der Waals surface area contributed by atoms with Gasteiger partial charge in [-0.2, -0.15) is 0 Å². The zero-order valence-electron chi connectivity index (χ0n) is 10.4. The topological polar surface area (TPSA) is 63.2 Å². The first-order valence-electron chi connectivity index (χ1n) is 5.55. The van der Waals surface area contributed by atoms with Gasteiger partial charge in [-0.05, 0) is 13.8 Å². The van der Waals surface area contributed by atoms with Crippen molar-refractivity contribution in [1.29, 1.82) is 0 Å². The van der Waals surface area contributed by atoms with E-state index in [0.29, 0.717) is 19.7 Å². The molecule has 1 aromatic rings. The van der Waals surface area contributed by atoms with Gasteiger partial charge in [-0.3, -0.25) is 4.79 Å². The second-order valence-corrected chi connectivity index (χ2v) is 5.03. The molecule has 0 aromatic carbocycles. The van der Waals surface area contributed by atoms with Crippen molar-refractivity contribution in [2.75, 3.05) is 26.8 Å². The second kappa shape index (κ2) is 7.37. The predicted molar refractivity (Wildman–Crippen MR) is 68.2 cm³/mol. The summed E-state index contributed by atoms with van der Waals surface area (Å²) in [5, 5.41) is 6.82. The normalized spacial score (nSPS) is 12.4. The maximum Gasteiger partial charge on any atom is 0.234 e. The summed E-state index contributed by atoms with van der Waals surface area (Å²) in [6, 6.07) is -0.0366. The molecule has 96 valence electrons. The standard InChI is InChI=1S/C11H19N3O2S/c1-8-6-13-11(17-8)9(2)14-10(15)7-12-4-5-16-3/h6,9,12H,4-5,7H2,1-3H3,(H,14,15). The number of methoxy groups -OCH3 is 1. The average molecular weight is 257 g/mol. The highest BCUT2D eigenvalue weighted by atomic mass is 32.1. The van der Waals surface area contributed by atoms with Crippen molar-refractivity contribution in [3.05, 3.63) is 16.1 Å². The van der Waals surface area contributed by atoms with Crippen molar-refractivity contribution in [2.45, 2.75) is 19.9 Å². The summed E-state index contributed by atoms with van der Waals surface area (Å²) < 4.78 is 4.87. The summed E-state index contributed by atoms with van der Waals surface area (Å²) in [6.07, 6.45) is 1.82. The molecule has 0 radical (unpaired) electrons. The SMILES string of the molecule is COCCNCC(=O)NC(C)c1ncc(C)s1. The van der Waals surface area contributed by atoms with Crippen LogP contribution >= 0.6 is 11.3 Å². The summed E-state index contributed by atoms with van der Waals surface area (Å²) in [7, 11) is 1.63. The number of hydrogen-bond donors (Lipinski definition) is 2. The Morgan fingerprint density at radius 3 is 3.00 bits per heavy atom. The van der Waals surface area contributed by atoms with Gasteiger partial charge in [0.2, 0.25) is 5.91 Å². The molecule has 0 bridgehead atoms. The lowest BCUT2D eigenvalue weighted by molar-refractivity contribution is -0.120. The van der Waals surface area contributed by atoms with E-state index in [-0.39, 0.29) is 11.9 Å². The first kappa shape index (κ1) is 14.1. The third-order valence-electron chi connectivity index (χ3n) is 2.16. The lowest BCUT2D eigenvalue weighted by Crippen LogP contribution is -2.36. The van der Waals surface area contributed by atoms with E-state index in [1.165, 1.54) is 0 Å². The minimum atomic E-state index is -0.0366. The van der Waals surface area contributed by atoms with Crippen LogP contribution in [0.2, 0.25) is 0 Å². The van der Waals surface area contributed by atoms with Crippen molar-refractivity contribution in [3.63, 3.8) is 0 Å². The molecule has 1 rings (SSSR count). The quantitative estimate of drug-likeness (QED) is 0.711.